The Morgan fingerprint density at radius 3 is 2.31 bits per heavy atom. The molecule has 0 aliphatic carbocycles. The molecule has 0 N–H and O–H groups in total. The first kappa shape index (κ1) is 22.1. The van der Waals surface area contributed by atoms with Crippen LogP contribution in [0.3, 0.4) is 0 Å². The zero-order chi connectivity index (χ0) is 22.7. The summed E-state index contributed by atoms with van der Waals surface area (Å²) in [4.78, 5) is 24.4. The minimum absolute atomic E-state index is 0.131. The van der Waals surface area contributed by atoms with Crippen molar-refractivity contribution in [2.24, 2.45) is 0 Å². The number of benzene rings is 3. The van der Waals surface area contributed by atoms with Crippen molar-refractivity contribution in [1.82, 2.24) is 4.31 Å². The van der Waals surface area contributed by atoms with Gasteiger partial charge in [0.2, 0.25) is 10.0 Å². The molecular weight excluding hydrogens is 433 g/mol. The summed E-state index contributed by atoms with van der Waals surface area (Å²) in [5, 5.41) is 1.87. The lowest BCUT2D eigenvalue weighted by Gasteiger charge is -2.26. The van der Waals surface area contributed by atoms with Crippen LogP contribution in [0.2, 0.25) is 0 Å². The predicted molar refractivity (Wildman–Crippen MR) is 118 cm³/mol. The van der Waals surface area contributed by atoms with E-state index >= 15 is 0 Å². The van der Waals surface area contributed by atoms with Crippen molar-refractivity contribution in [3.05, 3.63) is 77.6 Å². The molecule has 0 saturated carbocycles. The molecule has 1 heterocycles. The third-order valence-electron chi connectivity index (χ3n) is 5.51. The van der Waals surface area contributed by atoms with E-state index in [4.69, 9.17) is 4.74 Å². The molecule has 0 amide bonds. The minimum Gasteiger partial charge on any atom is -0.454 e. The van der Waals surface area contributed by atoms with Crippen LogP contribution in [-0.2, 0) is 14.8 Å². The fourth-order valence-electron chi connectivity index (χ4n) is 3.73. The molecule has 1 aliphatic rings. The van der Waals surface area contributed by atoms with Gasteiger partial charge in [0.05, 0.1) is 5.56 Å². The van der Waals surface area contributed by atoms with Gasteiger partial charge in [0, 0.05) is 18.7 Å². The standard InChI is InChI=1S/C24H22FNO5S/c25-21-11-10-20(15-23(21)32(29,30)26-12-4-1-5-13-26)24(28)31-16-22(27)19-9-8-17-6-2-3-7-18(17)14-19/h2-3,6-11,14-15H,1,4-5,12-13,16H2. The molecule has 3 aromatic carbocycles. The molecule has 0 spiro atoms. The SMILES string of the molecule is O=C(COC(=O)c1ccc(F)c(S(=O)(=O)N2CCCCC2)c1)c1ccc2ccccc2c1. The molecule has 0 atom stereocenters. The van der Waals surface area contributed by atoms with E-state index in [1.165, 1.54) is 4.31 Å². The number of carbonyl (C=O) groups is 2. The van der Waals surface area contributed by atoms with Crippen molar-refractivity contribution in [3.8, 4) is 0 Å². The molecule has 4 rings (SSSR count). The van der Waals surface area contributed by atoms with Crippen LogP contribution in [0.15, 0.2) is 65.6 Å². The Morgan fingerprint density at radius 1 is 0.875 bits per heavy atom. The van der Waals surface area contributed by atoms with Crippen molar-refractivity contribution in [1.29, 1.82) is 0 Å². The molecule has 1 aliphatic heterocycles. The second-order valence-electron chi connectivity index (χ2n) is 7.67. The number of hydrogen-bond donors (Lipinski definition) is 0. The van der Waals surface area contributed by atoms with Crippen LogP contribution in [0.5, 0.6) is 0 Å². The monoisotopic (exact) mass is 455 g/mol. The van der Waals surface area contributed by atoms with Gasteiger partial charge < -0.3 is 4.74 Å². The van der Waals surface area contributed by atoms with Crippen molar-refractivity contribution in [3.63, 3.8) is 0 Å². The molecule has 0 radical (unpaired) electrons. The molecule has 0 bridgehead atoms. The number of ketones is 1. The van der Waals surface area contributed by atoms with Crippen molar-refractivity contribution >= 4 is 32.5 Å². The zero-order valence-electron chi connectivity index (χ0n) is 17.3. The van der Waals surface area contributed by atoms with E-state index in [-0.39, 0.29) is 5.56 Å². The van der Waals surface area contributed by atoms with Gasteiger partial charge in [-0.2, -0.15) is 4.31 Å². The van der Waals surface area contributed by atoms with E-state index in [2.05, 4.69) is 0 Å². The van der Waals surface area contributed by atoms with Crippen molar-refractivity contribution in [2.75, 3.05) is 19.7 Å². The highest BCUT2D eigenvalue weighted by atomic mass is 32.2. The second-order valence-corrected chi connectivity index (χ2v) is 9.58. The van der Waals surface area contributed by atoms with E-state index in [0.717, 1.165) is 35.4 Å². The van der Waals surface area contributed by atoms with Crippen molar-refractivity contribution in [2.45, 2.75) is 24.2 Å². The van der Waals surface area contributed by atoms with Gasteiger partial charge in [0.15, 0.2) is 12.4 Å². The smallest absolute Gasteiger partial charge is 0.338 e. The number of esters is 1. The number of halogens is 1. The number of piperidine rings is 1. The van der Waals surface area contributed by atoms with E-state index in [1.54, 1.807) is 12.1 Å². The number of carbonyl (C=O) groups excluding carboxylic acids is 2. The zero-order valence-corrected chi connectivity index (χ0v) is 18.1. The van der Waals surface area contributed by atoms with Gasteiger partial charge in [-0.15, -0.1) is 0 Å². The van der Waals surface area contributed by atoms with E-state index in [9.17, 15) is 22.4 Å². The predicted octanol–water partition coefficient (Wildman–Crippen LogP) is 4.19. The maximum atomic E-state index is 14.3. The molecular formula is C24H22FNO5S. The minimum atomic E-state index is -4.06. The van der Waals surface area contributed by atoms with Crippen LogP contribution in [-0.4, -0.2) is 44.2 Å². The third-order valence-corrected chi connectivity index (χ3v) is 7.42. The topological polar surface area (TPSA) is 80.8 Å². The Bertz CT molecular complexity index is 1280. The summed E-state index contributed by atoms with van der Waals surface area (Å²) >= 11 is 0. The lowest BCUT2D eigenvalue weighted by Crippen LogP contribution is -2.36. The highest BCUT2D eigenvalue weighted by Crippen LogP contribution is 2.24. The Kier molecular flexibility index (Phi) is 6.34. The molecule has 1 saturated heterocycles. The van der Waals surface area contributed by atoms with Crippen LogP contribution in [0, 0.1) is 5.82 Å². The average Bonchev–Trinajstić information content (AvgIpc) is 2.82. The first-order valence-electron chi connectivity index (χ1n) is 10.3. The number of nitrogens with zero attached hydrogens (tertiary/aromatic N) is 1. The first-order chi connectivity index (χ1) is 15.4. The fraction of sp³-hybridized carbons (Fsp3) is 0.250. The molecule has 8 heteroatoms. The lowest BCUT2D eigenvalue weighted by atomic mass is 10.0. The second kappa shape index (κ2) is 9.18. The highest BCUT2D eigenvalue weighted by Gasteiger charge is 2.29. The largest absolute Gasteiger partial charge is 0.454 e. The highest BCUT2D eigenvalue weighted by molar-refractivity contribution is 7.89. The maximum Gasteiger partial charge on any atom is 0.338 e. The summed E-state index contributed by atoms with van der Waals surface area (Å²) < 4.78 is 46.3. The van der Waals surface area contributed by atoms with Crippen LogP contribution in [0.25, 0.3) is 10.8 Å². The molecule has 32 heavy (non-hydrogen) atoms. The van der Waals surface area contributed by atoms with Gasteiger partial charge in [0.25, 0.3) is 0 Å². The van der Waals surface area contributed by atoms with Gasteiger partial charge in [-0.25, -0.2) is 17.6 Å². The third kappa shape index (κ3) is 4.56. The molecule has 0 aromatic heterocycles. The Labute approximate surface area is 185 Å². The van der Waals surface area contributed by atoms with Crippen LogP contribution in [0.1, 0.15) is 40.0 Å². The number of hydrogen-bond acceptors (Lipinski definition) is 5. The van der Waals surface area contributed by atoms with E-state index in [0.29, 0.717) is 31.5 Å². The van der Waals surface area contributed by atoms with Crippen LogP contribution < -0.4 is 0 Å². The van der Waals surface area contributed by atoms with Crippen molar-refractivity contribution < 1.29 is 27.1 Å². The molecule has 1 fully saturated rings. The molecule has 0 unspecified atom stereocenters. The normalized spacial score (nSPS) is 14.9. The fourth-order valence-corrected chi connectivity index (χ4v) is 5.34. The summed E-state index contributed by atoms with van der Waals surface area (Å²) in [6.07, 6.45) is 2.34. The van der Waals surface area contributed by atoms with Gasteiger partial charge >= 0.3 is 5.97 Å². The van der Waals surface area contributed by atoms with E-state index < -0.39 is 39.1 Å². The maximum absolute atomic E-state index is 14.3. The summed E-state index contributed by atoms with van der Waals surface area (Å²) in [7, 11) is -4.06. The number of rotatable bonds is 6. The van der Waals surface area contributed by atoms with Crippen LogP contribution >= 0.6 is 0 Å². The number of ether oxygens (including phenoxy) is 1. The summed E-state index contributed by atoms with van der Waals surface area (Å²) in [5.74, 6) is -2.22. The summed E-state index contributed by atoms with van der Waals surface area (Å²) in [6.45, 7) is 0.121. The summed E-state index contributed by atoms with van der Waals surface area (Å²) in [6, 6.07) is 15.8. The van der Waals surface area contributed by atoms with Gasteiger partial charge in [-0.1, -0.05) is 42.8 Å². The lowest BCUT2D eigenvalue weighted by molar-refractivity contribution is 0.0474. The van der Waals surface area contributed by atoms with Crippen LogP contribution in [0.4, 0.5) is 4.39 Å². The van der Waals surface area contributed by atoms with Gasteiger partial charge in [-0.05, 0) is 47.9 Å². The Morgan fingerprint density at radius 2 is 1.56 bits per heavy atom. The number of fused-ring (bicyclic) bond motifs is 1. The average molecular weight is 456 g/mol. The van der Waals surface area contributed by atoms with E-state index in [1.807, 2.05) is 30.3 Å². The Hall–Kier alpha value is -3.10. The quantitative estimate of drug-likeness (QED) is 0.411. The Balaban J connectivity index is 1.48. The first-order valence-corrected chi connectivity index (χ1v) is 11.8. The summed E-state index contributed by atoms with van der Waals surface area (Å²) in [5.41, 5.74) is 0.261. The van der Waals surface area contributed by atoms with Gasteiger partial charge in [0.1, 0.15) is 10.7 Å². The molecule has 3 aromatic rings. The number of sulfonamides is 1. The van der Waals surface area contributed by atoms with Gasteiger partial charge in [-0.3, -0.25) is 4.79 Å². The molecule has 166 valence electrons. The molecule has 6 nitrogen and oxygen atoms in total. The number of Topliss-reactive ketones (excluding diaryl/α,β-unsaturated/α-hetero) is 1.